The lowest BCUT2D eigenvalue weighted by Crippen LogP contribution is -2.09. The van der Waals surface area contributed by atoms with Gasteiger partial charge in [-0.3, -0.25) is 14.8 Å². The fourth-order valence-corrected chi connectivity index (χ4v) is 5.34. The SMILES string of the molecule is Cc1nn(C)cc1-c1csc(NC(=O)c2cc(COc3ccc4c(c3)CCC4)cs2)n1. The number of carbonyl (C=O) groups is 1. The van der Waals surface area contributed by atoms with Crippen LogP contribution in [0.1, 0.15) is 38.5 Å². The zero-order valence-electron chi connectivity index (χ0n) is 17.3. The molecule has 31 heavy (non-hydrogen) atoms. The van der Waals surface area contributed by atoms with Crippen molar-refractivity contribution in [2.24, 2.45) is 7.05 Å². The highest BCUT2D eigenvalue weighted by atomic mass is 32.1. The number of aryl methyl sites for hydroxylation is 4. The summed E-state index contributed by atoms with van der Waals surface area (Å²) in [7, 11) is 1.88. The van der Waals surface area contributed by atoms with Crippen LogP contribution in [0.4, 0.5) is 5.13 Å². The van der Waals surface area contributed by atoms with Gasteiger partial charge in [-0.15, -0.1) is 22.7 Å². The van der Waals surface area contributed by atoms with E-state index >= 15 is 0 Å². The average molecular weight is 451 g/mol. The molecule has 5 rings (SSSR count). The topological polar surface area (TPSA) is 69.0 Å². The molecule has 1 aromatic carbocycles. The first-order valence-corrected chi connectivity index (χ1v) is 11.9. The van der Waals surface area contributed by atoms with Crippen LogP contribution in [-0.4, -0.2) is 20.7 Å². The van der Waals surface area contributed by atoms with Crippen LogP contribution < -0.4 is 10.1 Å². The van der Waals surface area contributed by atoms with Gasteiger partial charge >= 0.3 is 0 Å². The van der Waals surface area contributed by atoms with Crippen molar-refractivity contribution in [2.45, 2.75) is 32.8 Å². The van der Waals surface area contributed by atoms with Crippen molar-refractivity contribution in [2.75, 3.05) is 5.32 Å². The molecule has 3 heterocycles. The Kier molecular flexibility index (Phi) is 5.33. The number of nitrogens with zero attached hydrogens (tertiary/aromatic N) is 3. The molecule has 158 valence electrons. The molecular formula is C23H22N4O2S2. The highest BCUT2D eigenvalue weighted by molar-refractivity contribution is 7.14. The third-order valence-electron chi connectivity index (χ3n) is 5.37. The number of amides is 1. The first-order valence-electron chi connectivity index (χ1n) is 10.1. The molecule has 0 unspecified atom stereocenters. The van der Waals surface area contributed by atoms with Crippen LogP contribution in [0.25, 0.3) is 11.3 Å². The number of carbonyl (C=O) groups excluding carboxylic acids is 1. The molecule has 0 radical (unpaired) electrons. The minimum Gasteiger partial charge on any atom is -0.489 e. The summed E-state index contributed by atoms with van der Waals surface area (Å²) >= 11 is 2.82. The number of thiophene rings is 1. The Morgan fingerprint density at radius 1 is 1.19 bits per heavy atom. The molecule has 0 bridgehead atoms. The van der Waals surface area contributed by atoms with Gasteiger partial charge in [-0.2, -0.15) is 5.10 Å². The van der Waals surface area contributed by atoms with E-state index in [0.29, 0.717) is 16.6 Å². The van der Waals surface area contributed by atoms with Crippen LogP contribution in [0, 0.1) is 6.92 Å². The van der Waals surface area contributed by atoms with Gasteiger partial charge in [0.2, 0.25) is 0 Å². The van der Waals surface area contributed by atoms with Gasteiger partial charge in [0, 0.05) is 29.8 Å². The molecule has 0 atom stereocenters. The van der Waals surface area contributed by atoms with Crippen LogP contribution in [0.15, 0.2) is 41.2 Å². The van der Waals surface area contributed by atoms with Gasteiger partial charge in [-0.1, -0.05) is 6.07 Å². The predicted octanol–water partition coefficient (Wildman–Crippen LogP) is 5.23. The molecule has 1 aliphatic rings. The Hall–Kier alpha value is -2.97. The molecule has 8 heteroatoms. The largest absolute Gasteiger partial charge is 0.489 e. The second-order valence-corrected chi connectivity index (χ2v) is 9.46. The number of aromatic nitrogens is 3. The van der Waals surface area contributed by atoms with Crippen LogP contribution in [0.3, 0.4) is 0 Å². The van der Waals surface area contributed by atoms with Gasteiger partial charge in [-0.05, 0) is 60.9 Å². The Morgan fingerprint density at radius 2 is 2.06 bits per heavy atom. The summed E-state index contributed by atoms with van der Waals surface area (Å²) in [6.45, 7) is 2.40. The summed E-state index contributed by atoms with van der Waals surface area (Å²) in [6.07, 6.45) is 5.46. The molecule has 6 nitrogen and oxygen atoms in total. The number of benzene rings is 1. The molecule has 0 saturated carbocycles. The zero-order chi connectivity index (χ0) is 21.4. The number of ether oxygens (including phenoxy) is 1. The molecule has 0 spiro atoms. The number of nitrogens with one attached hydrogen (secondary N) is 1. The van der Waals surface area contributed by atoms with Gasteiger partial charge in [0.15, 0.2) is 5.13 Å². The smallest absolute Gasteiger partial charge is 0.267 e. The quantitative estimate of drug-likeness (QED) is 0.437. The number of anilines is 1. The van der Waals surface area contributed by atoms with E-state index in [1.54, 1.807) is 4.68 Å². The van der Waals surface area contributed by atoms with Gasteiger partial charge in [-0.25, -0.2) is 4.98 Å². The van der Waals surface area contributed by atoms with Crippen molar-refractivity contribution in [3.8, 4) is 17.0 Å². The third kappa shape index (κ3) is 4.26. The van der Waals surface area contributed by atoms with E-state index < -0.39 is 0 Å². The van der Waals surface area contributed by atoms with Crippen molar-refractivity contribution in [1.82, 2.24) is 14.8 Å². The maximum Gasteiger partial charge on any atom is 0.267 e. The predicted molar refractivity (Wildman–Crippen MR) is 124 cm³/mol. The van der Waals surface area contributed by atoms with E-state index in [0.717, 1.165) is 34.7 Å². The molecule has 4 aromatic rings. The summed E-state index contributed by atoms with van der Waals surface area (Å²) in [5.41, 5.74) is 6.53. The van der Waals surface area contributed by atoms with Crippen LogP contribution >= 0.6 is 22.7 Å². The second kappa shape index (κ2) is 8.28. The van der Waals surface area contributed by atoms with Gasteiger partial charge in [0.05, 0.1) is 16.3 Å². The summed E-state index contributed by atoms with van der Waals surface area (Å²) in [5.74, 6) is 0.733. The molecular weight excluding hydrogens is 428 g/mol. The maximum atomic E-state index is 12.7. The van der Waals surface area contributed by atoms with Gasteiger partial charge in [0.1, 0.15) is 12.4 Å². The number of rotatable bonds is 6. The average Bonchev–Trinajstić information content (AvgIpc) is 3.53. The lowest BCUT2D eigenvalue weighted by atomic mass is 10.1. The Bertz CT molecular complexity index is 1250. The lowest BCUT2D eigenvalue weighted by molar-refractivity contribution is 0.103. The van der Waals surface area contributed by atoms with E-state index in [2.05, 4.69) is 27.5 Å². The number of hydrogen-bond acceptors (Lipinski definition) is 6. The van der Waals surface area contributed by atoms with Crippen molar-refractivity contribution >= 4 is 33.7 Å². The molecule has 0 saturated heterocycles. The minimum absolute atomic E-state index is 0.155. The van der Waals surface area contributed by atoms with Crippen molar-refractivity contribution in [1.29, 1.82) is 0 Å². The summed E-state index contributed by atoms with van der Waals surface area (Å²) < 4.78 is 7.72. The second-order valence-electron chi connectivity index (χ2n) is 7.69. The minimum atomic E-state index is -0.155. The third-order valence-corrected chi connectivity index (χ3v) is 7.10. The monoisotopic (exact) mass is 450 g/mol. The van der Waals surface area contributed by atoms with Gasteiger partial charge in [0.25, 0.3) is 5.91 Å². The molecule has 0 aliphatic heterocycles. The summed E-state index contributed by atoms with van der Waals surface area (Å²) in [6, 6.07) is 8.23. The Labute approximate surface area is 188 Å². The first-order chi connectivity index (χ1) is 15.0. The first kappa shape index (κ1) is 20.0. The van der Waals surface area contributed by atoms with E-state index in [-0.39, 0.29) is 5.91 Å². The van der Waals surface area contributed by atoms with Crippen LogP contribution in [-0.2, 0) is 26.5 Å². The lowest BCUT2D eigenvalue weighted by Gasteiger charge is -2.07. The summed E-state index contributed by atoms with van der Waals surface area (Å²) in [4.78, 5) is 17.8. The fraction of sp³-hybridized carbons (Fsp3) is 0.261. The molecule has 1 amide bonds. The highest BCUT2D eigenvalue weighted by Crippen LogP contribution is 2.29. The van der Waals surface area contributed by atoms with Crippen molar-refractivity contribution in [3.05, 3.63) is 68.5 Å². The molecule has 3 aromatic heterocycles. The number of fused-ring (bicyclic) bond motifs is 1. The van der Waals surface area contributed by atoms with E-state index in [1.807, 2.05) is 43.1 Å². The van der Waals surface area contributed by atoms with Crippen molar-refractivity contribution in [3.63, 3.8) is 0 Å². The molecule has 1 N–H and O–H groups in total. The Balaban J connectivity index is 1.21. The van der Waals surface area contributed by atoms with E-state index in [9.17, 15) is 4.79 Å². The van der Waals surface area contributed by atoms with E-state index in [4.69, 9.17) is 4.74 Å². The normalized spacial score (nSPS) is 12.7. The highest BCUT2D eigenvalue weighted by Gasteiger charge is 2.15. The Morgan fingerprint density at radius 3 is 2.90 bits per heavy atom. The standard InChI is InChI=1S/C23H22N4O2S2/c1-14-19(10-27(2)26-14)20-13-31-23(24-20)25-22(28)21-8-15(12-30-21)11-29-18-7-6-16-4-3-5-17(16)9-18/h6-10,12-13H,3-5,11H2,1-2H3,(H,24,25,28). The molecule has 1 aliphatic carbocycles. The number of thiazole rings is 1. The number of hydrogen-bond donors (Lipinski definition) is 1. The van der Waals surface area contributed by atoms with Crippen molar-refractivity contribution < 1.29 is 9.53 Å². The van der Waals surface area contributed by atoms with E-state index in [1.165, 1.54) is 46.6 Å². The van der Waals surface area contributed by atoms with Crippen LogP contribution in [0.5, 0.6) is 5.75 Å². The zero-order valence-corrected chi connectivity index (χ0v) is 19.0. The fourth-order valence-electron chi connectivity index (χ4n) is 3.84. The van der Waals surface area contributed by atoms with Gasteiger partial charge < -0.3 is 4.74 Å². The van der Waals surface area contributed by atoms with Crippen LogP contribution in [0.2, 0.25) is 0 Å². The maximum absolute atomic E-state index is 12.7. The summed E-state index contributed by atoms with van der Waals surface area (Å²) in [5, 5.41) is 11.7. The molecule has 0 fully saturated rings.